The highest BCUT2D eigenvalue weighted by molar-refractivity contribution is 6.10. The largest absolute Gasteiger partial charge is 0.480 e. The van der Waals surface area contributed by atoms with Gasteiger partial charge < -0.3 is 5.11 Å². The fourth-order valence-electron chi connectivity index (χ4n) is 5.21. The van der Waals surface area contributed by atoms with E-state index >= 15 is 0 Å². The Kier molecular flexibility index (Phi) is 5.69. The SMILES string of the molecule is CC(C)(C)N1C(=O)C2C(c3ccc(C#N)cc3)NC(Cc3ccc([N+](=O)[O-])cc3)(C(=O)O)C2C1=O. The molecule has 2 aliphatic rings. The van der Waals surface area contributed by atoms with Crippen LogP contribution in [0.3, 0.4) is 0 Å². The van der Waals surface area contributed by atoms with Crippen LogP contribution in [-0.4, -0.2) is 43.8 Å². The van der Waals surface area contributed by atoms with Crippen LogP contribution in [-0.2, 0) is 20.8 Å². The van der Waals surface area contributed by atoms with Crippen molar-refractivity contribution in [2.75, 3.05) is 0 Å². The van der Waals surface area contributed by atoms with Gasteiger partial charge in [-0.3, -0.25) is 34.7 Å². The summed E-state index contributed by atoms with van der Waals surface area (Å²) in [6.45, 7) is 5.15. The van der Waals surface area contributed by atoms with E-state index in [-0.39, 0.29) is 12.1 Å². The standard InChI is InChI=1S/C25H24N4O6/c1-24(2,3)28-21(30)18-19(22(28)31)25(23(32)33,12-14-6-10-17(11-7-14)29(34)35)27-20(18)16-8-4-15(13-26)5-9-16/h4-11,18-20,27H,12H2,1-3H3,(H,32,33). The molecule has 10 heteroatoms. The van der Waals surface area contributed by atoms with E-state index in [0.29, 0.717) is 16.7 Å². The second-order valence-electron chi connectivity index (χ2n) is 9.92. The second-order valence-corrected chi connectivity index (χ2v) is 9.92. The number of rotatable bonds is 5. The van der Waals surface area contributed by atoms with E-state index in [1.165, 1.54) is 24.3 Å². The van der Waals surface area contributed by atoms with Crippen molar-refractivity contribution in [1.29, 1.82) is 5.26 Å². The molecule has 2 saturated heterocycles. The van der Waals surface area contributed by atoms with Gasteiger partial charge in [0.1, 0.15) is 5.54 Å². The van der Waals surface area contributed by atoms with Crippen molar-refractivity contribution in [2.45, 2.75) is 44.3 Å². The van der Waals surface area contributed by atoms with E-state index in [9.17, 15) is 29.6 Å². The molecule has 2 aromatic rings. The van der Waals surface area contributed by atoms with Gasteiger partial charge in [-0.2, -0.15) is 5.26 Å². The highest BCUT2D eigenvalue weighted by Gasteiger charge is 2.69. The predicted octanol–water partition coefficient (Wildman–Crippen LogP) is 2.58. The van der Waals surface area contributed by atoms with Gasteiger partial charge in [0.15, 0.2) is 0 Å². The lowest BCUT2D eigenvalue weighted by atomic mass is 9.76. The monoisotopic (exact) mass is 476 g/mol. The summed E-state index contributed by atoms with van der Waals surface area (Å²) < 4.78 is 0. The molecule has 10 nitrogen and oxygen atoms in total. The van der Waals surface area contributed by atoms with Gasteiger partial charge in [0.2, 0.25) is 11.8 Å². The summed E-state index contributed by atoms with van der Waals surface area (Å²) in [6.07, 6.45) is -0.161. The molecule has 2 aliphatic heterocycles. The molecule has 2 N–H and O–H groups in total. The highest BCUT2D eigenvalue weighted by Crippen LogP contribution is 2.51. The van der Waals surface area contributed by atoms with Crippen molar-refractivity contribution in [3.8, 4) is 6.07 Å². The summed E-state index contributed by atoms with van der Waals surface area (Å²) in [5, 5.41) is 33.7. The number of likely N-dealkylation sites (tertiary alicyclic amines) is 1. The molecule has 4 atom stereocenters. The minimum Gasteiger partial charge on any atom is -0.480 e. The number of carbonyl (C=O) groups is 3. The van der Waals surface area contributed by atoms with Crippen LogP contribution < -0.4 is 5.32 Å². The molecule has 0 spiro atoms. The minimum absolute atomic E-state index is 0.142. The number of benzene rings is 2. The van der Waals surface area contributed by atoms with Gasteiger partial charge in [-0.15, -0.1) is 0 Å². The Labute approximate surface area is 201 Å². The number of nitro benzene ring substituents is 1. The van der Waals surface area contributed by atoms with Crippen LogP contribution in [0.2, 0.25) is 0 Å². The number of nitriles is 1. The number of nitrogens with one attached hydrogen (secondary N) is 1. The first kappa shape index (κ1) is 24.0. The second kappa shape index (κ2) is 8.29. The number of carboxylic acids is 1. The first-order valence-electron chi connectivity index (χ1n) is 11.0. The lowest BCUT2D eigenvalue weighted by Gasteiger charge is -2.35. The third-order valence-corrected chi connectivity index (χ3v) is 6.74. The summed E-state index contributed by atoms with van der Waals surface area (Å²) in [7, 11) is 0. The van der Waals surface area contributed by atoms with Gasteiger partial charge in [0.25, 0.3) is 5.69 Å². The van der Waals surface area contributed by atoms with E-state index in [4.69, 9.17) is 5.26 Å². The van der Waals surface area contributed by atoms with Crippen LogP contribution >= 0.6 is 0 Å². The molecule has 0 bridgehead atoms. The maximum atomic E-state index is 13.6. The van der Waals surface area contributed by atoms with Gasteiger partial charge in [-0.25, -0.2) is 0 Å². The molecule has 180 valence electrons. The Morgan fingerprint density at radius 2 is 1.74 bits per heavy atom. The zero-order valence-corrected chi connectivity index (χ0v) is 19.4. The number of hydrogen-bond acceptors (Lipinski definition) is 7. The Morgan fingerprint density at radius 1 is 1.14 bits per heavy atom. The lowest BCUT2D eigenvalue weighted by molar-refractivity contribution is -0.384. The normalized spacial score (nSPS) is 25.9. The van der Waals surface area contributed by atoms with Crippen LogP contribution in [0.1, 0.15) is 43.5 Å². The number of carbonyl (C=O) groups excluding carboxylic acids is 2. The highest BCUT2D eigenvalue weighted by atomic mass is 16.6. The molecular weight excluding hydrogens is 452 g/mol. The Balaban J connectivity index is 1.84. The number of non-ortho nitro benzene ring substituents is 1. The minimum atomic E-state index is -1.83. The molecule has 2 heterocycles. The van der Waals surface area contributed by atoms with E-state index in [1.807, 2.05) is 6.07 Å². The summed E-state index contributed by atoms with van der Waals surface area (Å²) >= 11 is 0. The fourth-order valence-corrected chi connectivity index (χ4v) is 5.21. The molecule has 4 rings (SSSR count). The number of nitrogens with zero attached hydrogens (tertiary/aromatic N) is 3. The van der Waals surface area contributed by atoms with Crippen molar-refractivity contribution in [2.24, 2.45) is 11.8 Å². The molecule has 2 fully saturated rings. The van der Waals surface area contributed by atoms with E-state index in [2.05, 4.69) is 5.32 Å². The average Bonchev–Trinajstić information content (AvgIpc) is 3.28. The number of hydrogen-bond donors (Lipinski definition) is 2. The van der Waals surface area contributed by atoms with Crippen molar-refractivity contribution in [1.82, 2.24) is 10.2 Å². The van der Waals surface area contributed by atoms with Crippen LogP contribution in [0.5, 0.6) is 0 Å². The van der Waals surface area contributed by atoms with E-state index in [1.54, 1.807) is 45.0 Å². The fraction of sp³-hybridized carbons (Fsp3) is 0.360. The third-order valence-electron chi connectivity index (χ3n) is 6.74. The van der Waals surface area contributed by atoms with Gasteiger partial charge in [0.05, 0.1) is 28.4 Å². The summed E-state index contributed by atoms with van der Waals surface area (Å²) in [4.78, 5) is 51.7. The maximum Gasteiger partial charge on any atom is 0.325 e. The number of imide groups is 1. The molecule has 2 aromatic carbocycles. The number of carboxylic acid groups (broad SMARTS) is 1. The maximum absolute atomic E-state index is 13.6. The third kappa shape index (κ3) is 3.84. The lowest BCUT2D eigenvalue weighted by Crippen LogP contribution is -2.58. The number of nitro groups is 1. The molecule has 0 saturated carbocycles. The zero-order chi connectivity index (χ0) is 25.7. The van der Waals surface area contributed by atoms with Crippen molar-refractivity contribution >= 4 is 23.5 Å². The van der Waals surface area contributed by atoms with Crippen LogP contribution in [0.4, 0.5) is 5.69 Å². The number of aliphatic carboxylic acids is 1. The average molecular weight is 476 g/mol. The summed E-state index contributed by atoms with van der Waals surface area (Å²) in [6, 6.07) is 13.1. The van der Waals surface area contributed by atoms with Crippen LogP contribution in [0, 0.1) is 33.3 Å². The van der Waals surface area contributed by atoms with Crippen molar-refractivity contribution < 1.29 is 24.4 Å². The topological polar surface area (TPSA) is 154 Å². The summed E-state index contributed by atoms with van der Waals surface area (Å²) in [5.41, 5.74) is -1.36. The van der Waals surface area contributed by atoms with Crippen molar-refractivity contribution in [3.05, 3.63) is 75.3 Å². The van der Waals surface area contributed by atoms with Gasteiger partial charge in [0, 0.05) is 30.1 Å². The Hall–Kier alpha value is -4.10. The smallest absolute Gasteiger partial charge is 0.325 e. The first-order chi connectivity index (χ1) is 16.4. The molecule has 2 amide bonds. The van der Waals surface area contributed by atoms with Crippen LogP contribution in [0.15, 0.2) is 48.5 Å². The molecular formula is C25H24N4O6. The number of fused-ring (bicyclic) bond motifs is 1. The van der Waals surface area contributed by atoms with Gasteiger partial charge >= 0.3 is 5.97 Å². The number of amides is 2. The molecule has 4 unspecified atom stereocenters. The van der Waals surface area contributed by atoms with Gasteiger partial charge in [-0.1, -0.05) is 24.3 Å². The molecule has 0 aliphatic carbocycles. The van der Waals surface area contributed by atoms with Crippen molar-refractivity contribution in [3.63, 3.8) is 0 Å². The summed E-state index contributed by atoms with van der Waals surface area (Å²) in [5.74, 6) is -4.48. The van der Waals surface area contributed by atoms with E-state index < -0.39 is 51.7 Å². The van der Waals surface area contributed by atoms with E-state index in [0.717, 1.165) is 4.90 Å². The Bertz CT molecular complexity index is 1260. The van der Waals surface area contributed by atoms with Gasteiger partial charge in [-0.05, 0) is 44.0 Å². The first-order valence-corrected chi connectivity index (χ1v) is 11.0. The molecule has 35 heavy (non-hydrogen) atoms. The predicted molar refractivity (Wildman–Crippen MR) is 123 cm³/mol. The Morgan fingerprint density at radius 3 is 2.23 bits per heavy atom. The molecule has 0 aromatic heterocycles. The van der Waals surface area contributed by atoms with Crippen LogP contribution in [0.25, 0.3) is 0 Å². The quantitative estimate of drug-likeness (QED) is 0.379. The molecule has 0 radical (unpaired) electrons. The zero-order valence-electron chi connectivity index (χ0n) is 19.4.